The minimum absolute atomic E-state index is 0.174. The van der Waals surface area contributed by atoms with Gasteiger partial charge >= 0.3 is 0 Å². The van der Waals surface area contributed by atoms with Gasteiger partial charge in [-0.2, -0.15) is 5.10 Å². The number of nitrogens with one attached hydrogen (secondary N) is 1. The van der Waals surface area contributed by atoms with Crippen LogP contribution in [-0.2, 0) is 11.2 Å². The molecule has 0 saturated carbocycles. The molecule has 2 aromatic heterocycles. The number of carbonyl (C=O) groups excluding carboxylic acids is 1. The number of imidazole rings is 1. The number of nitrogens with zero attached hydrogens (tertiary/aromatic N) is 3. The van der Waals surface area contributed by atoms with Crippen LogP contribution in [0.3, 0.4) is 0 Å². The zero-order valence-electron chi connectivity index (χ0n) is 16.8. The van der Waals surface area contributed by atoms with Gasteiger partial charge in [0.25, 0.3) is 0 Å². The van der Waals surface area contributed by atoms with Crippen molar-refractivity contribution in [1.82, 2.24) is 14.8 Å². The number of hydrogen-bond donors (Lipinski definition) is 1. The zero-order chi connectivity index (χ0) is 21.8. The molecule has 9 heteroatoms. The number of rotatable bonds is 7. The van der Waals surface area contributed by atoms with E-state index in [1.165, 1.54) is 17.6 Å². The van der Waals surface area contributed by atoms with Gasteiger partial charge in [0.2, 0.25) is 5.91 Å². The van der Waals surface area contributed by atoms with Gasteiger partial charge in [0.15, 0.2) is 4.96 Å². The van der Waals surface area contributed by atoms with Gasteiger partial charge in [-0.25, -0.2) is 10.4 Å². The van der Waals surface area contributed by atoms with Crippen LogP contribution in [0, 0.1) is 0 Å². The number of hydrogen-bond acceptors (Lipinski definition) is 6. The van der Waals surface area contributed by atoms with Crippen LogP contribution in [0.4, 0.5) is 0 Å². The van der Waals surface area contributed by atoms with Gasteiger partial charge in [-0.05, 0) is 24.3 Å². The minimum Gasteiger partial charge on any atom is -0.497 e. The average molecular weight is 455 g/mol. The molecule has 4 aromatic rings. The van der Waals surface area contributed by atoms with Crippen molar-refractivity contribution >= 4 is 40.0 Å². The highest BCUT2D eigenvalue weighted by Crippen LogP contribution is 2.25. The third-order valence-electron chi connectivity index (χ3n) is 4.60. The summed E-state index contributed by atoms with van der Waals surface area (Å²) < 4.78 is 12.4. The van der Waals surface area contributed by atoms with E-state index in [0.29, 0.717) is 16.5 Å². The maximum Gasteiger partial charge on any atom is 0.246 e. The summed E-state index contributed by atoms with van der Waals surface area (Å²) in [5.41, 5.74) is 5.91. The maximum atomic E-state index is 12.4. The minimum atomic E-state index is -0.231. The monoisotopic (exact) mass is 454 g/mol. The Kier molecular flexibility index (Phi) is 6.20. The van der Waals surface area contributed by atoms with E-state index in [0.717, 1.165) is 27.5 Å². The van der Waals surface area contributed by atoms with Gasteiger partial charge in [-0.1, -0.05) is 23.7 Å². The van der Waals surface area contributed by atoms with E-state index in [2.05, 4.69) is 15.5 Å². The van der Waals surface area contributed by atoms with E-state index in [9.17, 15) is 4.79 Å². The smallest absolute Gasteiger partial charge is 0.246 e. The standard InChI is InChI=1S/C22H19ClN4O3S/c1-29-18-8-5-15(20(10-18)30-2)11-24-26-21(28)9-17-13-31-22-25-19(12-27(17)22)14-3-6-16(23)7-4-14/h3-8,10-13H,9H2,1-2H3,(H,26,28)/b24-11+. The molecular formula is C22H19ClN4O3S. The number of methoxy groups -OCH3 is 2. The zero-order valence-corrected chi connectivity index (χ0v) is 18.4. The molecular weight excluding hydrogens is 436 g/mol. The summed E-state index contributed by atoms with van der Waals surface area (Å²) in [5, 5.41) is 6.64. The first-order valence-electron chi connectivity index (χ1n) is 9.32. The number of fused-ring (bicyclic) bond motifs is 1. The van der Waals surface area contributed by atoms with Gasteiger partial charge in [0.1, 0.15) is 11.5 Å². The van der Waals surface area contributed by atoms with Gasteiger partial charge in [-0.15, -0.1) is 11.3 Å². The summed E-state index contributed by atoms with van der Waals surface area (Å²) in [6.07, 6.45) is 3.63. The Hall–Kier alpha value is -3.36. The number of amides is 1. The number of thiazole rings is 1. The second-order valence-electron chi connectivity index (χ2n) is 6.59. The topological polar surface area (TPSA) is 77.2 Å². The number of hydrazone groups is 1. The Balaban J connectivity index is 1.44. The van der Waals surface area contributed by atoms with Crippen LogP contribution < -0.4 is 14.9 Å². The highest BCUT2D eigenvalue weighted by molar-refractivity contribution is 7.15. The summed E-state index contributed by atoms with van der Waals surface area (Å²) in [7, 11) is 3.15. The normalized spacial score (nSPS) is 11.2. The van der Waals surface area contributed by atoms with Crippen molar-refractivity contribution in [3.8, 4) is 22.8 Å². The molecule has 158 valence electrons. The molecule has 0 bridgehead atoms. The third-order valence-corrected chi connectivity index (χ3v) is 5.74. The summed E-state index contributed by atoms with van der Waals surface area (Å²) in [6, 6.07) is 12.9. The Labute approximate surface area is 187 Å². The molecule has 1 N–H and O–H groups in total. The molecule has 4 rings (SSSR count). The fourth-order valence-corrected chi connectivity index (χ4v) is 4.02. The van der Waals surface area contributed by atoms with E-state index in [1.807, 2.05) is 40.2 Å². The Morgan fingerprint density at radius 1 is 1.23 bits per heavy atom. The van der Waals surface area contributed by atoms with Crippen molar-refractivity contribution in [2.24, 2.45) is 5.10 Å². The largest absolute Gasteiger partial charge is 0.497 e. The van der Waals surface area contributed by atoms with Crippen LogP contribution in [-0.4, -0.2) is 35.7 Å². The molecule has 7 nitrogen and oxygen atoms in total. The molecule has 0 unspecified atom stereocenters. The molecule has 0 fully saturated rings. The molecule has 0 aliphatic carbocycles. The Morgan fingerprint density at radius 3 is 2.77 bits per heavy atom. The average Bonchev–Trinajstić information content (AvgIpc) is 3.36. The molecule has 0 aliphatic rings. The van der Waals surface area contributed by atoms with Crippen LogP contribution in [0.2, 0.25) is 5.02 Å². The van der Waals surface area contributed by atoms with E-state index in [4.69, 9.17) is 21.1 Å². The molecule has 0 atom stereocenters. The van der Waals surface area contributed by atoms with Crippen molar-refractivity contribution in [3.05, 3.63) is 70.3 Å². The fraction of sp³-hybridized carbons (Fsp3) is 0.136. The first kappa shape index (κ1) is 20.9. The van der Waals surface area contributed by atoms with Crippen LogP contribution in [0.5, 0.6) is 11.5 Å². The predicted molar refractivity (Wildman–Crippen MR) is 123 cm³/mol. The Morgan fingerprint density at radius 2 is 2.03 bits per heavy atom. The molecule has 31 heavy (non-hydrogen) atoms. The van der Waals surface area contributed by atoms with Crippen molar-refractivity contribution in [3.63, 3.8) is 0 Å². The highest BCUT2D eigenvalue weighted by atomic mass is 35.5. The number of halogens is 1. The molecule has 0 aliphatic heterocycles. The van der Waals surface area contributed by atoms with Gasteiger partial charge in [0, 0.05) is 39.5 Å². The molecule has 0 saturated heterocycles. The van der Waals surface area contributed by atoms with Gasteiger partial charge in [-0.3, -0.25) is 9.20 Å². The summed E-state index contributed by atoms with van der Waals surface area (Å²) in [4.78, 5) is 17.8. The van der Waals surface area contributed by atoms with E-state index < -0.39 is 0 Å². The number of ether oxygens (including phenoxy) is 2. The van der Waals surface area contributed by atoms with Crippen LogP contribution in [0.25, 0.3) is 16.2 Å². The summed E-state index contributed by atoms with van der Waals surface area (Å²) in [5.74, 6) is 1.05. The lowest BCUT2D eigenvalue weighted by Gasteiger charge is -2.06. The maximum absolute atomic E-state index is 12.4. The van der Waals surface area contributed by atoms with E-state index in [1.54, 1.807) is 32.4 Å². The van der Waals surface area contributed by atoms with E-state index in [-0.39, 0.29) is 12.3 Å². The van der Waals surface area contributed by atoms with Gasteiger partial charge < -0.3 is 9.47 Å². The quantitative estimate of drug-likeness (QED) is 0.331. The first-order chi connectivity index (χ1) is 15.1. The summed E-state index contributed by atoms with van der Waals surface area (Å²) >= 11 is 7.44. The SMILES string of the molecule is COc1ccc(/C=N/NC(=O)Cc2csc3nc(-c4ccc(Cl)cc4)cn23)c(OC)c1. The number of aromatic nitrogens is 2. The lowest BCUT2D eigenvalue weighted by Crippen LogP contribution is -2.20. The predicted octanol–water partition coefficient (Wildman–Crippen LogP) is 4.43. The molecule has 2 aromatic carbocycles. The third kappa shape index (κ3) is 4.70. The molecule has 0 spiro atoms. The number of carbonyl (C=O) groups is 1. The first-order valence-corrected chi connectivity index (χ1v) is 10.6. The van der Waals surface area contributed by atoms with Crippen LogP contribution in [0.1, 0.15) is 11.3 Å². The van der Waals surface area contributed by atoms with Gasteiger partial charge in [0.05, 0.1) is 32.5 Å². The molecule has 0 radical (unpaired) electrons. The number of benzene rings is 2. The lowest BCUT2D eigenvalue weighted by atomic mass is 10.2. The summed E-state index contributed by atoms with van der Waals surface area (Å²) in [6.45, 7) is 0. The van der Waals surface area contributed by atoms with Crippen molar-refractivity contribution in [1.29, 1.82) is 0 Å². The van der Waals surface area contributed by atoms with Crippen LogP contribution in [0.15, 0.2) is 59.1 Å². The van der Waals surface area contributed by atoms with Crippen molar-refractivity contribution < 1.29 is 14.3 Å². The fourth-order valence-electron chi connectivity index (χ4n) is 3.02. The second kappa shape index (κ2) is 9.20. The Bertz CT molecular complexity index is 1250. The second-order valence-corrected chi connectivity index (χ2v) is 7.86. The highest BCUT2D eigenvalue weighted by Gasteiger charge is 2.12. The van der Waals surface area contributed by atoms with E-state index >= 15 is 0 Å². The van der Waals surface area contributed by atoms with Crippen molar-refractivity contribution in [2.75, 3.05) is 14.2 Å². The molecule has 1 amide bonds. The molecule has 2 heterocycles. The van der Waals surface area contributed by atoms with Crippen LogP contribution >= 0.6 is 22.9 Å². The lowest BCUT2D eigenvalue weighted by molar-refractivity contribution is -0.120. The van der Waals surface area contributed by atoms with Crippen molar-refractivity contribution in [2.45, 2.75) is 6.42 Å².